The Morgan fingerprint density at radius 2 is 1.50 bits per heavy atom. The Bertz CT molecular complexity index is 74.5. The molecule has 0 bridgehead atoms. The average Bonchev–Trinajstić information content (AvgIpc) is 1.35. The van der Waals surface area contributed by atoms with Gasteiger partial charge in [0, 0.05) is 0 Å². The van der Waals surface area contributed by atoms with E-state index in [0.29, 0.717) is 0 Å². The molecule has 8 heteroatoms. The molecule has 0 atom stereocenters. The van der Waals surface area contributed by atoms with Crippen LogP contribution in [0.4, 0.5) is 0 Å². The van der Waals surface area contributed by atoms with Crippen molar-refractivity contribution in [3.63, 3.8) is 0 Å². The molecular weight excluding hydrogens is 248 g/mol. The second-order valence-corrected chi connectivity index (χ2v) is 3.55. The van der Waals surface area contributed by atoms with Crippen molar-refractivity contribution < 1.29 is 77.3 Å². The monoisotopic (exact) mass is 248 g/mol. The molecule has 0 unspecified atom stereocenters. The van der Waals surface area contributed by atoms with Gasteiger partial charge in [-0.1, -0.05) is 0 Å². The van der Waals surface area contributed by atoms with Crippen molar-refractivity contribution in [2.75, 3.05) is 0 Å². The van der Waals surface area contributed by atoms with Crippen molar-refractivity contribution in [1.29, 1.82) is 0 Å². The van der Waals surface area contributed by atoms with Crippen molar-refractivity contribution in [2.45, 2.75) is 0 Å². The predicted octanol–water partition coefficient (Wildman–Crippen LogP) is -8.93. The third-order valence-corrected chi connectivity index (χ3v) is 0.671. The van der Waals surface area contributed by atoms with Crippen molar-refractivity contribution in [3.8, 4) is 0 Å². The SMILES string of the molecule is [Na+].[Na+].[O]=[Sb]([O-])([O-])[O]O. The summed E-state index contributed by atoms with van der Waals surface area (Å²) < 4.78 is 29.7. The molecule has 0 aliphatic carbocycles. The molecule has 0 fully saturated rings. The van der Waals surface area contributed by atoms with Crippen LogP contribution in [0.5, 0.6) is 0 Å². The molecule has 1 N–H and O–H groups in total. The zero-order chi connectivity index (χ0) is 5.21. The molecule has 8 heavy (non-hydrogen) atoms. The minimum atomic E-state index is -5.84. The molecule has 0 aromatic carbocycles. The van der Waals surface area contributed by atoms with Crippen LogP contribution in [0, 0.1) is 0 Å². The molecule has 0 aliphatic rings. The van der Waals surface area contributed by atoms with Crippen LogP contribution in [0.1, 0.15) is 0 Å². The first-order chi connectivity index (χ1) is 2.56. The van der Waals surface area contributed by atoms with E-state index in [1.807, 2.05) is 0 Å². The van der Waals surface area contributed by atoms with E-state index in [-0.39, 0.29) is 59.1 Å². The molecule has 38 valence electrons. The Morgan fingerprint density at radius 3 is 1.50 bits per heavy atom. The van der Waals surface area contributed by atoms with Crippen molar-refractivity contribution in [3.05, 3.63) is 0 Å². The standard InChI is InChI=1S/2Na.H2O2.3O.Sb/c;;1-2;;;;/h;;1-2H;;;;/q2*+1;;;2*-1;+1/p-1. The Hall–Kier alpha value is 2.46. The summed E-state index contributed by atoms with van der Waals surface area (Å²) in [5, 5.41) is 7.05. The molecule has 0 rings (SSSR count). The van der Waals surface area contributed by atoms with Gasteiger partial charge in [-0.05, 0) is 0 Å². The van der Waals surface area contributed by atoms with Crippen molar-refractivity contribution >= 4 is 20.1 Å². The predicted molar refractivity (Wildman–Crippen MR) is 10.2 cm³/mol. The number of hydrogen-bond acceptors (Lipinski definition) is 5. The molecule has 5 nitrogen and oxygen atoms in total. The van der Waals surface area contributed by atoms with Gasteiger partial charge in [-0.25, -0.2) is 0 Å². The molecule has 0 aromatic heterocycles. The van der Waals surface area contributed by atoms with Gasteiger partial charge in [0.2, 0.25) is 0 Å². The van der Waals surface area contributed by atoms with E-state index in [0.717, 1.165) is 0 Å². The third kappa shape index (κ3) is 15.8. The first kappa shape index (κ1) is 16.8. The first-order valence-corrected chi connectivity index (χ1v) is 5.08. The minimum absolute atomic E-state index is 0. The van der Waals surface area contributed by atoms with Crippen LogP contribution in [-0.4, -0.2) is 25.3 Å². The molecule has 0 radical (unpaired) electrons. The van der Waals surface area contributed by atoms with Gasteiger partial charge in [0.15, 0.2) is 0 Å². The quantitative estimate of drug-likeness (QED) is 0.283. The summed E-state index contributed by atoms with van der Waals surface area (Å²) in [4.78, 5) is 0. The fourth-order valence-electron chi connectivity index (χ4n) is 0. The maximum absolute atomic E-state index is 9.09. The average molecular weight is 249 g/mol. The molecule has 0 aliphatic heterocycles. The Kier molecular flexibility index (Phi) is 15.9. The number of rotatable bonds is 1. The molecule has 0 saturated carbocycles. The van der Waals surface area contributed by atoms with E-state index < -0.39 is 20.1 Å². The van der Waals surface area contributed by atoms with Gasteiger partial charge in [0.25, 0.3) is 0 Å². The Labute approximate surface area is 95.6 Å². The van der Waals surface area contributed by atoms with Gasteiger partial charge in [0.05, 0.1) is 0 Å². The van der Waals surface area contributed by atoms with E-state index in [4.69, 9.17) is 15.0 Å². The van der Waals surface area contributed by atoms with Crippen LogP contribution in [0.15, 0.2) is 0 Å². The van der Waals surface area contributed by atoms with Gasteiger partial charge >= 0.3 is 97.4 Å². The van der Waals surface area contributed by atoms with Gasteiger partial charge in [-0.3, -0.25) is 0 Å². The molecular formula is HNa2O5Sb. The van der Waals surface area contributed by atoms with Crippen molar-refractivity contribution in [1.82, 2.24) is 0 Å². The van der Waals surface area contributed by atoms with Crippen LogP contribution in [0.3, 0.4) is 0 Å². The molecule has 0 amide bonds. The summed E-state index contributed by atoms with van der Waals surface area (Å²) in [5.74, 6) is 0. The van der Waals surface area contributed by atoms with Crippen LogP contribution in [0.25, 0.3) is 0 Å². The summed E-state index contributed by atoms with van der Waals surface area (Å²) in [6.07, 6.45) is 0. The van der Waals surface area contributed by atoms with Crippen LogP contribution in [0.2, 0.25) is 0 Å². The fraction of sp³-hybridized carbons (Fsp3) is 0. The van der Waals surface area contributed by atoms with Gasteiger partial charge < -0.3 is 0 Å². The third-order valence-electron chi connectivity index (χ3n) is 0.100. The topological polar surface area (TPSA) is 92.7 Å². The van der Waals surface area contributed by atoms with Crippen LogP contribution < -0.4 is 65.9 Å². The van der Waals surface area contributed by atoms with E-state index in [1.165, 1.54) is 0 Å². The van der Waals surface area contributed by atoms with Crippen molar-refractivity contribution in [2.24, 2.45) is 0 Å². The normalized spacial score (nSPS) is 8.88. The van der Waals surface area contributed by atoms with E-state index >= 15 is 0 Å². The van der Waals surface area contributed by atoms with E-state index in [9.17, 15) is 0 Å². The summed E-state index contributed by atoms with van der Waals surface area (Å²) in [6, 6.07) is 0. The Morgan fingerprint density at radius 1 is 1.38 bits per heavy atom. The summed E-state index contributed by atoms with van der Waals surface area (Å²) >= 11 is -5.84. The first-order valence-electron chi connectivity index (χ1n) is 0.913. The summed E-state index contributed by atoms with van der Waals surface area (Å²) in [6.45, 7) is 0. The summed E-state index contributed by atoms with van der Waals surface area (Å²) in [7, 11) is 0. The van der Waals surface area contributed by atoms with E-state index in [2.05, 4.69) is 3.17 Å². The van der Waals surface area contributed by atoms with Gasteiger partial charge in [-0.2, -0.15) is 0 Å². The zero-order valence-electron chi connectivity index (χ0n) is 4.53. The molecule has 0 aromatic rings. The maximum atomic E-state index is 9.09. The summed E-state index contributed by atoms with van der Waals surface area (Å²) in [5.41, 5.74) is 0. The van der Waals surface area contributed by atoms with Crippen LogP contribution in [-0.2, 0) is 6.18 Å². The zero-order valence-corrected chi connectivity index (χ0v) is 11.1. The molecule has 0 heterocycles. The van der Waals surface area contributed by atoms with Crippen LogP contribution >= 0.6 is 0 Å². The molecule has 0 spiro atoms. The molecule has 0 saturated heterocycles. The fourth-order valence-corrected chi connectivity index (χ4v) is 0. The number of hydrogen-bond donors (Lipinski definition) is 1. The van der Waals surface area contributed by atoms with E-state index in [1.54, 1.807) is 0 Å². The van der Waals surface area contributed by atoms with Gasteiger partial charge in [-0.15, -0.1) is 0 Å². The second kappa shape index (κ2) is 7.56. The Balaban J connectivity index is -0.000000125. The van der Waals surface area contributed by atoms with Gasteiger partial charge in [0.1, 0.15) is 0 Å². The second-order valence-electron chi connectivity index (χ2n) is 0.529.